The zero-order valence-electron chi connectivity index (χ0n) is 12.4. The van der Waals surface area contributed by atoms with Crippen molar-refractivity contribution in [2.45, 2.75) is 19.4 Å². The fourth-order valence-corrected chi connectivity index (χ4v) is 2.01. The van der Waals surface area contributed by atoms with Gasteiger partial charge in [-0.3, -0.25) is 9.48 Å². The molecule has 0 fully saturated rings. The minimum Gasteiger partial charge on any atom is -0.497 e. The van der Waals surface area contributed by atoms with E-state index in [-0.39, 0.29) is 11.9 Å². The van der Waals surface area contributed by atoms with E-state index in [1.807, 2.05) is 19.2 Å². The number of aromatic nitrogens is 2. The Morgan fingerprint density at radius 1 is 1.38 bits per heavy atom. The predicted molar refractivity (Wildman–Crippen MR) is 79.7 cm³/mol. The van der Waals surface area contributed by atoms with Crippen LogP contribution < -0.4 is 14.8 Å². The van der Waals surface area contributed by atoms with Crippen LogP contribution in [0.15, 0.2) is 36.7 Å². The summed E-state index contributed by atoms with van der Waals surface area (Å²) in [4.78, 5) is 12.1. The minimum atomic E-state index is -0.0959. The molecule has 0 aliphatic heterocycles. The molecule has 1 aromatic carbocycles. The second-order valence-corrected chi connectivity index (χ2v) is 4.65. The SMILES string of the molecule is COc1ccc(NC(=O)C[C@H](C)n2cccn2)c(OC)c1. The van der Waals surface area contributed by atoms with Gasteiger partial charge in [0.15, 0.2) is 0 Å². The molecule has 112 valence electrons. The normalized spacial score (nSPS) is 11.8. The Balaban J connectivity index is 2.02. The van der Waals surface area contributed by atoms with Crippen LogP contribution in [0.3, 0.4) is 0 Å². The molecule has 0 saturated carbocycles. The molecule has 1 N–H and O–H groups in total. The Morgan fingerprint density at radius 2 is 2.19 bits per heavy atom. The van der Waals surface area contributed by atoms with Crippen molar-refractivity contribution in [1.29, 1.82) is 0 Å². The summed E-state index contributed by atoms with van der Waals surface area (Å²) in [5.74, 6) is 1.14. The van der Waals surface area contributed by atoms with Gasteiger partial charge in [0.1, 0.15) is 11.5 Å². The van der Waals surface area contributed by atoms with Crippen LogP contribution in [0.5, 0.6) is 11.5 Å². The highest BCUT2D eigenvalue weighted by Gasteiger charge is 2.13. The Labute approximate surface area is 123 Å². The maximum Gasteiger partial charge on any atom is 0.226 e. The number of amides is 1. The van der Waals surface area contributed by atoms with E-state index in [9.17, 15) is 4.79 Å². The molecule has 1 amide bonds. The van der Waals surface area contributed by atoms with Gasteiger partial charge in [0.05, 0.1) is 25.9 Å². The number of methoxy groups -OCH3 is 2. The third-order valence-corrected chi connectivity index (χ3v) is 3.14. The molecule has 0 bridgehead atoms. The third-order valence-electron chi connectivity index (χ3n) is 3.14. The molecule has 2 rings (SSSR count). The van der Waals surface area contributed by atoms with Gasteiger partial charge in [-0.05, 0) is 25.1 Å². The Morgan fingerprint density at radius 3 is 2.81 bits per heavy atom. The maximum absolute atomic E-state index is 12.1. The third kappa shape index (κ3) is 3.75. The number of hydrogen-bond donors (Lipinski definition) is 1. The van der Waals surface area contributed by atoms with Gasteiger partial charge in [-0.15, -0.1) is 0 Å². The lowest BCUT2D eigenvalue weighted by Crippen LogP contribution is -2.18. The molecule has 2 aromatic rings. The molecule has 0 aliphatic carbocycles. The fraction of sp³-hybridized carbons (Fsp3) is 0.333. The van der Waals surface area contributed by atoms with Gasteiger partial charge >= 0.3 is 0 Å². The Bertz CT molecular complexity index is 596. The van der Waals surface area contributed by atoms with Gasteiger partial charge in [0.25, 0.3) is 0 Å². The van der Waals surface area contributed by atoms with Crippen LogP contribution in [-0.2, 0) is 4.79 Å². The molecule has 0 saturated heterocycles. The topological polar surface area (TPSA) is 65.4 Å². The van der Waals surface area contributed by atoms with Crippen molar-refractivity contribution in [3.05, 3.63) is 36.7 Å². The highest BCUT2D eigenvalue weighted by atomic mass is 16.5. The van der Waals surface area contributed by atoms with Gasteiger partial charge in [-0.1, -0.05) is 0 Å². The molecule has 6 heteroatoms. The van der Waals surface area contributed by atoms with Gasteiger partial charge in [0, 0.05) is 24.9 Å². The summed E-state index contributed by atoms with van der Waals surface area (Å²) in [6, 6.07) is 7.08. The fourth-order valence-electron chi connectivity index (χ4n) is 2.01. The monoisotopic (exact) mass is 289 g/mol. The number of ether oxygens (including phenoxy) is 2. The van der Waals surface area contributed by atoms with E-state index in [2.05, 4.69) is 10.4 Å². The van der Waals surface area contributed by atoms with E-state index in [1.165, 1.54) is 0 Å². The molecule has 1 atom stereocenters. The molecule has 21 heavy (non-hydrogen) atoms. The van der Waals surface area contributed by atoms with Crippen LogP contribution >= 0.6 is 0 Å². The standard InChI is InChI=1S/C15H19N3O3/c1-11(18-8-4-7-16-18)9-15(19)17-13-6-5-12(20-2)10-14(13)21-3/h4-8,10-11H,9H2,1-3H3,(H,17,19)/t11-/m0/s1. The molecule has 0 aliphatic rings. The molecular formula is C15H19N3O3. The van der Waals surface area contributed by atoms with Crippen molar-refractivity contribution < 1.29 is 14.3 Å². The number of carbonyl (C=O) groups excluding carboxylic acids is 1. The first kappa shape index (κ1) is 14.9. The van der Waals surface area contributed by atoms with E-state index < -0.39 is 0 Å². The first-order valence-corrected chi connectivity index (χ1v) is 6.65. The lowest BCUT2D eigenvalue weighted by atomic mass is 10.2. The Kier molecular flexibility index (Phi) is 4.81. The smallest absolute Gasteiger partial charge is 0.226 e. The van der Waals surface area contributed by atoms with E-state index in [0.29, 0.717) is 23.6 Å². The van der Waals surface area contributed by atoms with E-state index in [0.717, 1.165) is 0 Å². The van der Waals surface area contributed by atoms with Crippen molar-refractivity contribution in [2.24, 2.45) is 0 Å². The molecule has 0 spiro atoms. The lowest BCUT2D eigenvalue weighted by Gasteiger charge is -2.14. The second-order valence-electron chi connectivity index (χ2n) is 4.65. The average Bonchev–Trinajstić information content (AvgIpc) is 3.01. The maximum atomic E-state index is 12.1. The molecule has 6 nitrogen and oxygen atoms in total. The van der Waals surface area contributed by atoms with Gasteiger partial charge < -0.3 is 14.8 Å². The number of nitrogens with zero attached hydrogens (tertiary/aromatic N) is 2. The number of nitrogens with one attached hydrogen (secondary N) is 1. The van der Waals surface area contributed by atoms with E-state index in [4.69, 9.17) is 9.47 Å². The van der Waals surface area contributed by atoms with Crippen molar-refractivity contribution in [3.63, 3.8) is 0 Å². The number of carbonyl (C=O) groups is 1. The summed E-state index contributed by atoms with van der Waals surface area (Å²) < 4.78 is 12.1. The first-order valence-electron chi connectivity index (χ1n) is 6.65. The van der Waals surface area contributed by atoms with Gasteiger partial charge in [-0.25, -0.2) is 0 Å². The number of anilines is 1. The zero-order valence-corrected chi connectivity index (χ0v) is 12.4. The highest BCUT2D eigenvalue weighted by Crippen LogP contribution is 2.29. The van der Waals surface area contributed by atoms with Crippen LogP contribution in [-0.4, -0.2) is 29.9 Å². The Hall–Kier alpha value is -2.50. The van der Waals surface area contributed by atoms with Crippen LogP contribution in [0.25, 0.3) is 0 Å². The largest absolute Gasteiger partial charge is 0.497 e. The van der Waals surface area contributed by atoms with Crippen LogP contribution in [0.4, 0.5) is 5.69 Å². The van der Waals surface area contributed by atoms with Crippen LogP contribution in [0, 0.1) is 0 Å². The van der Waals surface area contributed by atoms with E-state index in [1.54, 1.807) is 43.3 Å². The minimum absolute atomic E-state index is 0.00996. The number of benzene rings is 1. The average molecular weight is 289 g/mol. The molecule has 0 unspecified atom stereocenters. The highest BCUT2D eigenvalue weighted by molar-refractivity contribution is 5.92. The lowest BCUT2D eigenvalue weighted by molar-refractivity contribution is -0.116. The van der Waals surface area contributed by atoms with Crippen molar-refractivity contribution in [1.82, 2.24) is 9.78 Å². The number of rotatable bonds is 6. The van der Waals surface area contributed by atoms with Crippen LogP contribution in [0.2, 0.25) is 0 Å². The quantitative estimate of drug-likeness (QED) is 0.887. The summed E-state index contributed by atoms with van der Waals surface area (Å²) in [7, 11) is 3.13. The van der Waals surface area contributed by atoms with Crippen molar-refractivity contribution in [3.8, 4) is 11.5 Å². The van der Waals surface area contributed by atoms with E-state index >= 15 is 0 Å². The zero-order chi connectivity index (χ0) is 15.2. The summed E-state index contributed by atoms with van der Waals surface area (Å²) >= 11 is 0. The summed E-state index contributed by atoms with van der Waals surface area (Å²) in [6.07, 6.45) is 3.86. The second kappa shape index (κ2) is 6.78. The summed E-state index contributed by atoms with van der Waals surface area (Å²) in [5, 5.41) is 6.97. The first-order chi connectivity index (χ1) is 10.1. The van der Waals surface area contributed by atoms with Crippen molar-refractivity contribution in [2.75, 3.05) is 19.5 Å². The van der Waals surface area contributed by atoms with Crippen LogP contribution in [0.1, 0.15) is 19.4 Å². The summed E-state index contributed by atoms with van der Waals surface area (Å²) in [6.45, 7) is 1.94. The molecule has 1 heterocycles. The van der Waals surface area contributed by atoms with Crippen molar-refractivity contribution >= 4 is 11.6 Å². The molecule has 0 radical (unpaired) electrons. The van der Waals surface area contributed by atoms with Gasteiger partial charge in [0.2, 0.25) is 5.91 Å². The number of hydrogen-bond acceptors (Lipinski definition) is 4. The van der Waals surface area contributed by atoms with Gasteiger partial charge in [-0.2, -0.15) is 5.10 Å². The summed E-state index contributed by atoms with van der Waals surface area (Å²) in [5.41, 5.74) is 0.621. The molecule has 1 aromatic heterocycles. The molecular weight excluding hydrogens is 270 g/mol. The predicted octanol–water partition coefficient (Wildman–Crippen LogP) is 2.49.